The Morgan fingerprint density at radius 1 is 1.47 bits per heavy atom. The van der Waals surface area contributed by atoms with Gasteiger partial charge in [-0.15, -0.1) is 0 Å². The SMILES string of the molecule is Cn1cnc2c(OC3CCN(C(=O)O)C3)ncnc21. The molecule has 3 heterocycles. The van der Waals surface area contributed by atoms with Crippen LogP contribution in [0.2, 0.25) is 0 Å². The van der Waals surface area contributed by atoms with Crippen molar-refractivity contribution in [3.63, 3.8) is 0 Å². The molecule has 1 saturated heterocycles. The second kappa shape index (κ2) is 4.38. The fourth-order valence-electron chi connectivity index (χ4n) is 2.17. The molecule has 19 heavy (non-hydrogen) atoms. The molecule has 2 aromatic rings. The summed E-state index contributed by atoms with van der Waals surface area (Å²) in [5.41, 5.74) is 1.29. The van der Waals surface area contributed by atoms with Crippen LogP contribution in [0.1, 0.15) is 6.42 Å². The Bertz CT molecular complexity index is 626. The average molecular weight is 263 g/mol. The van der Waals surface area contributed by atoms with Gasteiger partial charge in [0.15, 0.2) is 11.2 Å². The lowest BCUT2D eigenvalue weighted by Gasteiger charge is -2.13. The number of hydrogen-bond donors (Lipinski definition) is 1. The number of likely N-dealkylation sites (tertiary alicyclic amines) is 1. The quantitative estimate of drug-likeness (QED) is 0.847. The van der Waals surface area contributed by atoms with E-state index in [1.807, 2.05) is 7.05 Å². The van der Waals surface area contributed by atoms with Crippen molar-refractivity contribution in [2.45, 2.75) is 12.5 Å². The van der Waals surface area contributed by atoms with Gasteiger partial charge >= 0.3 is 6.09 Å². The van der Waals surface area contributed by atoms with Crippen molar-refractivity contribution in [3.05, 3.63) is 12.7 Å². The molecule has 1 unspecified atom stereocenters. The minimum Gasteiger partial charge on any atom is -0.471 e. The predicted octanol–water partition coefficient (Wildman–Crippen LogP) is 0.494. The maximum absolute atomic E-state index is 10.8. The summed E-state index contributed by atoms with van der Waals surface area (Å²) in [6, 6.07) is 0. The molecule has 1 aliphatic heterocycles. The van der Waals surface area contributed by atoms with Crippen molar-refractivity contribution < 1.29 is 14.6 Å². The summed E-state index contributed by atoms with van der Waals surface area (Å²) in [4.78, 5) is 24.6. The summed E-state index contributed by atoms with van der Waals surface area (Å²) in [6.45, 7) is 0.837. The Labute approximate surface area is 108 Å². The standard InChI is InChI=1S/C11H13N5O3/c1-15-6-14-8-9(15)12-5-13-10(8)19-7-2-3-16(4-7)11(17)18/h5-7H,2-4H2,1H3,(H,17,18). The largest absolute Gasteiger partial charge is 0.471 e. The van der Waals surface area contributed by atoms with Crippen LogP contribution in [-0.2, 0) is 7.05 Å². The number of aryl methyl sites for hydroxylation is 1. The number of carboxylic acid groups (broad SMARTS) is 1. The molecule has 0 saturated carbocycles. The van der Waals surface area contributed by atoms with Gasteiger partial charge in [0.25, 0.3) is 0 Å². The van der Waals surface area contributed by atoms with E-state index in [0.29, 0.717) is 36.6 Å². The molecule has 0 bridgehead atoms. The lowest BCUT2D eigenvalue weighted by Crippen LogP contribution is -2.29. The van der Waals surface area contributed by atoms with Crippen molar-refractivity contribution in [2.24, 2.45) is 7.05 Å². The van der Waals surface area contributed by atoms with E-state index in [0.717, 1.165) is 0 Å². The fourth-order valence-corrected chi connectivity index (χ4v) is 2.17. The molecule has 2 aromatic heterocycles. The first kappa shape index (κ1) is 11.7. The second-order valence-electron chi connectivity index (χ2n) is 4.46. The van der Waals surface area contributed by atoms with E-state index in [4.69, 9.17) is 9.84 Å². The van der Waals surface area contributed by atoms with Gasteiger partial charge in [0, 0.05) is 20.0 Å². The van der Waals surface area contributed by atoms with Crippen molar-refractivity contribution in [1.82, 2.24) is 24.4 Å². The zero-order valence-corrected chi connectivity index (χ0v) is 10.4. The number of hydrogen-bond acceptors (Lipinski definition) is 5. The Hall–Kier alpha value is -2.38. The second-order valence-corrected chi connectivity index (χ2v) is 4.46. The molecule has 1 N–H and O–H groups in total. The molecular formula is C11H13N5O3. The highest BCUT2D eigenvalue weighted by Crippen LogP contribution is 2.22. The van der Waals surface area contributed by atoms with Gasteiger partial charge in [0.2, 0.25) is 5.88 Å². The van der Waals surface area contributed by atoms with Gasteiger partial charge in [-0.05, 0) is 0 Å². The molecule has 3 rings (SSSR count). The van der Waals surface area contributed by atoms with E-state index >= 15 is 0 Å². The Morgan fingerprint density at radius 2 is 2.32 bits per heavy atom. The number of rotatable bonds is 2. The highest BCUT2D eigenvalue weighted by atomic mass is 16.5. The molecule has 0 spiro atoms. The molecule has 1 amide bonds. The van der Waals surface area contributed by atoms with Crippen LogP contribution in [0.4, 0.5) is 4.79 Å². The van der Waals surface area contributed by atoms with Crippen LogP contribution in [0.25, 0.3) is 11.2 Å². The summed E-state index contributed by atoms with van der Waals surface area (Å²) in [7, 11) is 1.84. The first-order valence-corrected chi connectivity index (χ1v) is 5.91. The van der Waals surface area contributed by atoms with Crippen LogP contribution in [-0.4, -0.2) is 54.8 Å². The molecule has 0 aromatic carbocycles. The number of fused-ring (bicyclic) bond motifs is 1. The predicted molar refractivity (Wildman–Crippen MR) is 64.9 cm³/mol. The minimum absolute atomic E-state index is 0.184. The Kier molecular flexibility index (Phi) is 2.69. The number of carbonyl (C=O) groups is 1. The normalized spacial score (nSPS) is 19.0. The summed E-state index contributed by atoms with van der Waals surface area (Å²) >= 11 is 0. The van der Waals surface area contributed by atoms with E-state index in [9.17, 15) is 4.79 Å². The Balaban J connectivity index is 1.81. The van der Waals surface area contributed by atoms with E-state index in [-0.39, 0.29) is 6.10 Å². The van der Waals surface area contributed by atoms with Crippen LogP contribution in [0, 0.1) is 0 Å². The van der Waals surface area contributed by atoms with E-state index in [2.05, 4.69) is 15.0 Å². The maximum Gasteiger partial charge on any atom is 0.407 e. The van der Waals surface area contributed by atoms with Gasteiger partial charge in [0.1, 0.15) is 12.4 Å². The number of amides is 1. The monoisotopic (exact) mass is 263 g/mol. The molecule has 0 radical (unpaired) electrons. The summed E-state index contributed by atoms with van der Waals surface area (Å²) in [5, 5.41) is 8.90. The molecule has 1 aliphatic rings. The topological polar surface area (TPSA) is 93.4 Å². The molecule has 100 valence electrons. The number of ether oxygens (including phenoxy) is 1. The minimum atomic E-state index is -0.920. The summed E-state index contributed by atoms with van der Waals surface area (Å²) in [6.07, 6.45) is 2.62. The van der Waals surface area contributed by atoms with Crippen LogP contribution in [0.3, 0.4) is 0 Å². The van der Waals surface area contributed by atoms with Gasteiger partial charge < -0.3 is 19.3 Å². The van der Waals surface area contributed by atoms with E-state index in [1.165, 1.54) is 11.2 Å². The van der Waals surface area contributed by atoms with E-state index < -0.39 is 6.09 Å². The van der Waals surface area contributed by atoms with E-state index in [1.54, 1.807) is 10.9 Å². The summed E-state index contributed by atoms with van der Waals surface area (Å²) < 4.78 is 7.53. The van der Waals surface area contributed by atoms with Gasteiger partial charge in [-0.25, -0.2) is 14.8 Å². The van der Waals surface area contributed by atoms with Crippen molar-refractivity contribution >= 4 is 17.3 Å². The molecule has 8 nitrogen and oxygen atoms in total. The third kappa shape index (κ3) is 2.05. The first-order chi connectivity index (χ1) is 9.15. The van der Waals surface area contributed by atoms with Crippen molar-refractivity contribution in [3.8, 4) is 5.88 Å². The summed E-state index contributed by atoms with van der Waals surface area (Å²) in [5.74, 6) is 0.405. The first-order valence-electron chi connectivity index (χ1n) is 5.91. The fraction of sp³-hybridized carbons (Fsp3) is 0.455. The lowest BCUT2D eigenvalue weighted by atomic mass is 10.3. The highest BCUT2D eigenvalue weighted by molar-refractivity contribution is 5.75. The molecule has 1 fully saturated rings. The van der Waals surface area contributed by atoms with Gasteiger partial charge in [-0.1, -0.05) is 0 Å². The smallest absolute Gasteiger partial charge is 0.407 e. The Morgan fingerprint density at radius 3 is 3.05 bits per heavy atom. The van der Waals surface area contributed by atoms with Gasteiger partial charge in [0.05, 0.1) is 12.9 Å². The van der Waals surface area contributed by atoms with Crippen LogP contribution >= 0.6 is 0 Å². The lowest BCUT2D eigenvalue weighted by molar-refractivity contribution is 0.145. The van der Waals surface area contributed by atoms with Crippen LogP contribution in [0.5, 0.6) is 5.88 Å². The third-order valence-corrected chi connectivity index (χ3v) is 3.16. The number of nitrogens with zero attached hydrogens (tertiary/aromatic N) is 5. The van der Waals surface area contributed by atoms with Crippen molar-refractivity contribution in [1.29, 1.82) is 0 Å². The average Bonchev–Trinajstić information content (AvgIpc) is 2.98. The molecule has 8 heteroatoms. The number of aromatic nitrogens is 4. The number of imidazole rings is 1. The molecule has 1 atom stereocenters. The third-order valence-electron chi connectivity index (χ3n) is 3.16. The molecular weight excluding hydrogens is 250 g/mol. The zero-order chi connectivity index (χ0) is 13.4. The van der Waals surface area contributed by atoms with Gasteiger partial charge in [-0.2, -0.15) is 4.98 Å². The van der Waals surface area contributed by atoms with Crippen LogP contribution in [0.15, 0.2) is 12.7 Å². The maximum atomic E-state index is 10.8. The van der Waals surface area contributed by atoms with Crippen molar-refractivity contribution in [2.75, 3.05) is 13.1 Å². The highest BCUT2D eigenvalue weighted by Gasteiger charge is 2.28. The molecule has 0 aliphatic carbocycles. The van der Waals surface area contributed by atoms with Gasteiger partial charge in [-0.3, -0.25) is 0 Å². The zero-order valence-electron chi connectivity index (χ0n) is 10.4. The van der Waals surface area contributed by atoms with Crippen LogP contribution < -0.4 is 4.74 Å².